The monoisotopic (exact) mass is 334 g/mol. The third-order valence-electron chi connectivity index (χ3n) is 2.81. The Bertz CT molecular complexity index is 952. The van der Waals surface area contributed by atoms with Crippen LogP contribution in [0.3, 0.4) is 0 Å². The first-order chi connectivity index (χ1) is 10.4. The zero-order valence-electron chi connectivity index (χ0n) is 11.1. The van der Waals surface area contributed by atoms with Crippen molar-refractivity contribution in [2.75, 3.05) is 5.32 Å². The molecule has 0 aliphatic heterocycles. The van der Waals surface area contributed by atoms with Gasteiger partial charge in [-0.3, -0.25) is 9.78 Å². The molecule has 0 fully saturated rings. The standard InChI is InChI=1S/C13H10N4O3S2/c14-22(19,20)13-17-10-2-1-9(7-11(10)21-13)16-12(18)8-3-5-15-6-4-8/h1-7H,(H,16,18)(H2,14,19,20). The first kappa shape index (κ1) is 14.6. The van der Waals surface area contributed by atoms with Gasteiger partial charge in [-0.05, 0) is 30.3 Å². The van der Waals surface area contributed by atoms with Crippen LogP contribution in [0.1, 0.15) is 10.4 Å². The number of aromatic nitrogens is 2. The molecule has 2 heterocycles. The van der Waals surface area contributed by atoms with E-state index in [1.54, 1.807) is 30.3 Å². The SMILES string of the molecule is NS(=O)(=O)c1nc2ccc(NC(=O)c3ccncc3)cc2s1. The summed E-state index contributed by atoms with van der Waals surface area (Å²) in [5.74, 6) is -0.280. The van der Waals surface area contributed by atoms with Crippen LogP contribution >= 0.6 is 11.3 Å². The molecule has 3 N–H and O–H groups in total. The lowest BCUT2D eigenvalue weighted by molar-refractivity contribution is 0.102. The summed E-state index contributed by atoms with van der Waals surface area (Å²) in [6, 6.07) is 8.12. The Labute approximate surface area is 129 Å². The molecule has 0 aliphatic carbocycles. The predicted molar refractivity (Wildman–Crippen MR) is 83.2 cm³/mol. The molecule has 0 spiro atoms. The molecule has 0 saturated carbocycles. The molecule has 3 rings (SSSR count). The second kappa shape index (κ2) is 5.44. The highest BCUT2D eigenvalue weighted by atomic mass is 32.2. The van der Waals surface area contributed by atoms with E-state index in [0.717, 1.165) is 11.3 Å². The third-order valence-corrected chi connectivity index (χ3v) is 5.15. The normalized spacial score (nSPS) is 11.5. The summed E-state index contributed by atoms with van der Waals surface area (Å²) in [6.07, 6.45) is 3.05. The van der Waals surface area contributed by atoms with Gasteiger partial charge in [0.25, 0.3) is 15.9 Å². The Morgan fingerprint density at radius 3 is 2.59 bits per heavy atom. The lowest BCUT2D eigenvalue weighted by Crippen LogP contribution is -2.11. The topological polar surface area (TPSA) is 115 Å². The third kappa shape index (κ3) is 2.96. The molecule has 1 aromatic carbocycles. The summed E-state index contributed by atoms with van der Waals surface area (Å²) in [5.41, 5.74) is 1.53. The van der Waals surface area contributed by atoms with Crippen molar-refractivity contribution in [3.8, 4) is 0 Å². The number of pyridine rings is 1. The van der Waals surface area contributed by atoms with Crippen LogP contribution in [0.5, 0.6) is 0 Å². The van der Waals surface area contributed by atoms with Gasteiger partial charge in [0.2, 0.25) is 4.34 Å². The Balaban J connectivity index is 1.91. The number of hydrogen-bond donors (Lipinski definition) is 2. The molecule has 0 aliphatic rings. The van der Waals surface area contributed by atoms with Crippen molar-refractivity contribution in [3.63, 3.8) is 0 Å². The van der Waals surface area contributed by atoms with E-state index in [4.69, 9.17) is 5.14 Å². The van der Waals surface area contributed by atoms with Gasteiger partial charge in [0.15, 0.2) is 0 Å². The Morgan fingerprint density at radius 1 is 1.18 bits per heavy atom. The maximum absolute atomic E-state index is 12.0. The van der Waals surface area contributed by atoms with Crippen LogP contribution < -0.4 is 10.5 Å². The number of carbonyl (C=O) groups excluding carboxylic acids is 1. The van der Waals surface area contributed by atoms with E-state index < -0.39 is 10.0 Å². The van der Waals surface area contributed by atoms with E-state index in [2.05, 4.69) is 15.3 Å². The molecule has 0 unspecified atom stereocenters. The molecule has 0 radical (unpaired) electrons. The molecular weight excluding hydrogens is 324 g/mol. The second-order valence-corrected chi connectivity index (χ2v) is 7.16. The minimum atomic E-state index is -3.83. The summed E-state index contributed by atoms with van der Waals surface area (Å²) in [5, 5.41) is 7.79. The van der Waals surface area contributed by atoms with Crippen molar-refractivity contribution in [1.82, 2.24) is 9.97 Å². The smallest absolute Gasteiger partial charge is 0.265 e. The number of anilines is 1. The fourth-order valence-electron chi connectivity index (χ4n) is 1.81. The van der Waals surface area contributed by atoms with Crippen LogP contribution in [0.15, 0.2) is 47.1 Å². The average molecular weight is 334 g/mol. The van der Waals surface area contributed by atoms with Crippen LogP contribution in [-0.4, -0.2) is 24.3 Å². The zero-order chi connectivity index (χ0) is 15.7. The lowest BCUT2D eigenvalue weighted by atomic mass is 10.2. The van der Waals surface area contributed by atoms with Crippen LogP contribution in [-0.2, 0) is 10.0 Å². The molecule has 0 saturated heterocycles. The van der Waals surface area contributed by atoms with E-state index in [0.29, 0.717) is 21.5 Å². The van der Waals surface area contributed by atoms with Gasteiger partial charge in [-0.2, -0.15) is 0 Å². The molecule has 9 heteroatoms. The van der Waals surface area contributed by atoms with E-state index in [9.17, 15) is 13.2 Å². The molecule has 7 nitrogen and oxygen atoms in total. The Hall–Kier alpha value is -2.36. The molecule has 0 atom stereocenters. The number of amides is 1. The van der Waals surface area contributed by atoms with E-state index in [1.165, 1.54) is 12.4 Å². The number of sulfonamides is 1. The number of nitrogens with zero attached hydrogens (tertiary/aromatic N) is 2. The van der Waals surface area contributed by atoms with Crippen molar-refractivity contribution >= 4 is 43.2 Å². The number of nitrogens with one attached hydrogen (secondary N) is 1. The van der Waals surface area contributed by atoms with Crippen molar-refractivity contribution in [2.24, 2.45) is 5.14 Å². The van der Waals surface area contributed by atoms with Gasteiger partial charge in [-0.15, -0.1) is 11.3 Å². The van der Waals surface area contributed by atoms with Gasteiger partial charge < -0.3 is 5.32 Å². The molecule has 2 aromatic heterocycles. The Kier molecular flexibility index (Phi) is 3.61. The highest BCUT2D eigenvalue weighted by molar-refractivity contribution is 7.91. The highest BCUT2D eigenvalue weighted by Gasteiger charge is 2.15. The second-order valence-electron chi connectivity index (χ2n) is 4.40. The zero-order valence-corrected chi connectivity index (χ0v) is 12.7. The summed E-state index contributed by atoms with van der Waals surface area (Å²) in [4.78, 5) is 19.8. The first-order valence-corrected chi connectivity index (χ1v) is 8.44. The van der Waals surface area contributed by atoms with Crippen LogP contribution in [0, 0.1) is 0 Å². The van der Waals surface area contributed by atoms with E-state index >= 15 is 0 Å². The fraction of sp³-hybridized carbons (Fsp3) is 0. The lowest BCUT2D eigenvalue weighted by Gasteiger charge is -2.04. The number of thiazole rings is 1. The van der Waals surface area contributed by atoms with Crippen LogP contribution in [0.25, 0.3) is 10.2 Å². The average Bonchev–Trinajstić information content (AvgIpc) is 2.91. The Morgan fingerprint density at radius 2 is 1.91 bits per heavy atom. The first-order valence-electron chi connectivity index (χ1n) is 6.08. The van der Waals surface area contributed by atoms with Crippen molar-refractivity contribution in [3.05, 3.63) is 48.3 Å². The van der Waals surface area contributed by atoms with Gasteiger partial charge in [-0.1, -0.05) is 0 Å². The van der Waals surface area contributed by atoms with Crippen molar-refractivity contribution in [2.45, 2.75) is 4.34 Å². The summed E-state index contributed by atoms with van der Waals surface area (Å²) in [6.45, 7) is 0. The summed E-state index contributed by atoms with van der Waals surface area (Å²) < 4.78 is 23.1. The summed E-state index contributed by atoms with van der Waals surface area (Å²) >= 11 is 0.956. The van der Waals surface area contributed by atoms with Gasteiger partial charge in [-0.25, -0.2) is 18.5 Å². The largest absolute Gasteiger partial charge is 0.322 e. The van der Waals surface area contributed by atoms with E-state index in [-0.39, 0.29) is 10.2 Å². The van der Waals surface area contributed by atoms with Gasteiger partial charge in [0, 0.05) is 23.6 Å². The van der Waals surface area contributed by atoms with Crippen molar-refractivity contribution < 1.29 is 13.2 Å². The predicted octanol–water partition coefficient (Wildman–Crippen LogP) is 1.59. The minimum Gasteiger partial charge on any atom is -0.322 e. The number of fused-ring (bicyclic) bond motifs is 1. The fourth-order valence-corrected chi connectivity index (χ4v) is 3.51. The maximum atomic E-state index is 12.0. The maximum Gasteiger partial charge on any atom is 0.265 e. The molecule has 3 aromatic rings. The molecule has 22 heavy (non-hydrogen) atoms. The van der Waals surface area contributed by atoms with Crippen LogP contribution in [0.4, 0.5) is 5.69 Å². The number of nitrogens with two attached hydrogens (primary N) is 1. The molecule has 112 valence electrons. The van der Waals surface area contributed by atoms with Gasteiger partial charge >= 0.3 is 0 Å². The molecule has 0 bridgehead atoms. The van der Waals surface area contributed by atoms with Crippen molar-refractivity contribution in [1.29, 1.82) is 0 Å². The number of carbonyl (C=O) groups is 1. The molecule has 1 amide bonds. The van der Waals surface area contributed by atoms with Crippen LogP contribution in [0.2, 0.25) is 0 Å². The van der Waals surface area contributed by atoms with Gasteiger partial charge in [0.1, 0.15) is 0 Å². The highest BCUT2D eigenvalue weighted by Crippen LogP contribution is 2.27. The minimum absolute atomic E-state index is 0.153. The van der Waals surface area contributed by atoms with E-state index in [1.807, 2.05) is 0 Å². The molecular formula is C13H10N4O3S2. The number of primary sulfonamides is 1. The summed E-state index contributed by atoms with van der Waals surface area (Å²) in [7, 11) is -3.83. The number of hydrogen-bond acceptors (Lipinski definition) is 6. The number of benzene rings is 1. The quantitative estimate of drug-likeness (QED) is 0.755. The van der Waals surface area contributed by atoms with Gasteiger partial charge in [0.05, 0.1) is 10.2 Å². The number of rotatable bonds is 3.